The molecule has 0 fully saturated rings. The fourth-order valence-electron chi connectivity index (χ4n) is 0.994. The lowest BCUT2D eigenvalue weighted by atomic mass is 10.2. The second-order valence-corrected chi connectivity index (χ2v) is 3.86. The van der Waals surface area contributed by atoms with Crippen LogP contribution in [0.1, 0.15) is 4.88 Å². The van der Waals surface area contributed by atoms with Gasteiger partial charge in [0.2, 0.25) is 0 Å². The molecule has 0 saturated carbocycles. The van der Waals surface area contributed by atoms with Crippen molar-refractivity contribution in [3.63, 3.8) is 0 Å². The Bertz CT molecular complexity index is 420. The Kier molecular flexibility index (Phi) is 3.51. The van der Waals surface area contributed by atoms with Gasteiger partial charge in [0.15, 0.2) is 6.29 Å². The average Bonchev–Trinajstić information content (AvgIpc) is 2.54. The van der Waals surface area contributed by atoms with Crippen molar-refractivity contribution in [3.05, 3.63) is 28.9 Å². The molecule has 4 nitrogen and oxygen atoms in total. The third-order valence-electron chi connectivity index (χ3n) is 1.71. The van der Waals surface area contributed by atoms with Crippen LogP contribution in [0.2, 0.25) is 0 Å². The van der Waals surface area contributed by atoms with Crippen molar-refractivity contribution in [2.45, 2.75) is 0 Å². The van der Waals surface area contributed by atoms with Crippen LogP contribution in [0.3, 0.4) is 0 Å². The highest BCUT2D eigenvalue weighted by atomic mass is 32.1. The van der Waals surface area contributed by atoms with Gasteiger partial charge in [0, 0.05) is 6.07 Å². The molecule has 0 radical (unpaired) electrons. The molecule has 0 spiro atoms. The molecule has 5 heteroatoms. The van der Waals surface area contributed by atoms with Gasteiger partial charge in [-0.15, -0.1) is 11.3 Å². The van der Waals surface area contributed by atoms with Gasteiger partial charge in [-0.2, -0.15) is 0 Å². The number of ether oxygens (including phenoxy) is 1. The maximum absolute atomic E-state index is 10.6. The number of nitrogens with two attached hydrogens (primary N) is 1. The van der Waals surface area contributed by atoms with E-state index in [1.807, 2.05) is 0 Å². The molecule has 0 aliphatic rings. The number of methoxy groups -OCH3 is 1. The molecule has 0 atom stereocenters. The van der Waals surface area contributed by atoms with E-state index in [2.05, 4.69) is 6.58 Å². The zero-order chi connectivity index (χ0) is 11.4. The molecule has 0 amide bonds. The second kappa shape index (κ2) is 4.65. The molecule has 0 aliphatic heterocycles. The minimum atomic E-state index is -0.279. The Labute approximate surface area is 91.3 Å². The highest BCUT2D eigenvalue weighted by molar-refractivity contribution is 7.17. The van der Waals surface area contributed by atoms with E-state index in [1.54, 1.807) is 6.07 Å². The fourth-order valence-corrected chi connectivity index (χ4v) is 1.84. The molecule has 15 heavy (non-hydrogen) atoms. The number of carbonyl (C=O) groups excluding carboxylic acids is 1. The lowest BCUT2D eigenvalue weighted by molar-refractivity contribution is -0.104. The number of aliphatic hydroxyl groups excluding tert-OH is 1. The van der Waals surface area contributed by atoms with Gasteiger partial charge >= 0.3 is 0 Å². The number of hydrogen-bond donors (Lipinski definition) is 2. The number of carbonyl (C=O) groups is 1. The predicted octanol–water partition coefficient (Wildman–Crippen LogP) is 1.99. The molecule has 1 aromatic heterocycles. The summed E-state index contributed by atoms with van der Waals surface area (Å²) in [6.07, 6.45) is 2.01. The summed E-state index contributed by atoms with van der Waals surface area (Å²) >= 11 is 1.27. The quantitative estimate of drug-likeness (QED) is 0.356. The number of rotatable bonds is 4. The molecule has 3 N–H and O–H groups in total. The number of hydrogen-bond acceptors (Lipinski definition) is 5. The monoisotopic (exact) mass is 225 g/mol. The van der Waals surface area contributed by atoms with Crippen LogP contribution >= 0.6 is 11.3 Å². The standard InChI is InChI=1S/C10H11NO3S/c1-6(13)7(5-12)3-9-8(14-2)4-10(11)15-9/h3-5,13H,1,11H2,2H3/b7-3+. The van der Waals surface area contributed by atoms with E-state index in [4.69, 9.17) is 15.6 Å². The van der Waals surface area contributed by atoms with E-state index in [9.17, 15) is 4.79 Å². The van der Waals surface area contributed by atoms with Crippen molar-refractivity contribution in [2.75, 3.05) is 12.8 Å². The minimum Gasteiger partial charge on any atom is -0.508 e. The van der Waals surface area contributed by atoms with Gasteiger partial charge in [-0.05, 0) is 6.08 Å². The summed E-state index contributed by atoms with van der Waals surface area (Å²) in [5, 5.41) is 9.66. The highest BCUT2D eigenvalue weighted by Gasteiger charge is 2.08. The van der Waals surface area contributed by atoms with Crippen LogP contribution in [0, 0.1) is 0 Å². The molecule has 0 saturated heterocycles. The van der Waals surface area contributed by atoms with Gasteiger partial charge < -0.3 is 15.6 Å². The van der Waals surface area contributed by atoms with Gasteiger partial charge in [-0.3, -0.25) is 4.79 Å². The smallest absolute Gasteiger partial charge is 0.153 e. The van der Waals surface area contributed by atoms with Crippen molar-refractivity contribution in [1.82, 2.24) is 0 Å². The first-order chi connectivity index (χ1) is 7.08. The molecule has 80 valence electrons. The number of allylic oxidation sites excluding steroid dienone is 1. The first-order valence-corrected chi connectivity index (χ1v) is 4.88. The van der Waals surface area contributed by atoms with Crippen molar-refractivity contribution < 1.29 is 14.6 Å². The van der Waals surface area contributed by atoms with Crippen LogP contribution in [0.5, 0.6) is 5.75 Å². The van der Waals surface area contributed by atoms with E-state index in [0.29, 0.717) is 21.9 Å². The number of nitrogen functional groups attached to an aromatic ring is 1. The topological polar surface area (TPSA) is 72.5 Å². The summed E-state index contributed by atoms with van der Waals surface area (Å²) in [5.74, 6) is 0.289. The largest absolute Gasteiger partial charge is 0.508 e. The van der Waals surface area contributed by atoms with Crippen LogP contribution < -0.4 is 10.5 Å². The van der Waals surface area contributed by atoms with Gasteiger partial charge in [0.05, 0.1) is 22.6 Å². The summed E-state index contributed by atoms with van der Waals surface area (Å²) in [7, 11) is 1.51. The number of thiophene rings is 1. The maximum Gasteiger partial charge on any atom is 0.153 e. The zero-order valence-corrected chi connectivity index (χ0v) is 9.00. The molecular formula is C10H11NO3S. The van der Waals surface area contributed by atoms with Gasteiger partial charge in [-0.25, -0.2) is 0 Å². The Hall–Kier alpha value is -1.75. The number of anilines is 1. The van der Waals surface area contributed by atoms with Crippen LogP contribution in [0.4, 0.5) is 5.00 Å². The van der Waals surface area contributed by atoms with Crippen molar-refractivity contribution in [1.29, 1.82) is 0 Å². The van der Waals surface area contributed by atoms with Crippen molar-refractivity contribution in [3.8, 4) is 5.75 Å². The Morgan fingerprint density at radius 3 is 2.87 bits per heavy atom. The fraction of sp³-hybridized carbons (Fsp3) is 0.100. The molecule has 0 unspecified atom stereocenters. The Balaban J connectivity index is 3.15. The molecule has 0 aromatic carbocycles. The van der Waals surface area contributed by atoms with Gasteiger partial charge in [0.25, 0.3) is 0 Å². The molecule has 0 aliphatic carbocycles. The first kappa shape index (κ1) is 11.3. The molecule has 1 heterocycles. The van der Waals surface area contributed by atoms with Crippen LogP contribution in [0.15, 0.2) is 24.0 Å². The predicted molar refractivity (Wildman–Crippen MR) is 61.1 cm³/mol. The number of aliphatic hydroxyl groups is 1. The maximum atomic E-state index is 10.6. The Morgan fingerprint density at radius 2 is 2.40 bits per heavy atom. The van der Waals surface area contributed by atoms with Crippen molar-refractivity contribution >= 4 is 28.7 Å². The van der Waals surface area contributed by atoms with E-state index in [-0.39, 0.29) is 11.3 Å². The first-order valence-electron chi connectivity index (χ1n) is 4.07. The van der Waals surface area contributed by atoms with E-state index >= 15 is 0 Å². The molecular weight excluding hydrogens is 214 g/mol. The highest BCUT2D eigenvalue weighted by Crippen LogP contribution is 2.33. The minimum absolute atomic E-state index is 0.107. The lowest BCUT2D eigenvalue weighted by Gasteiger charge is -1.98. The third kappa shape index (κ3) is 2.60. The second-order valence-electron chi connectivity index (χ2n) is 2.75. The Morgan fingerprint density at radius 1 is 1.73 bits per heavy atom. The summed E-state index contributed by atoms with van der Waals surface area (Å²) < 4.78 is 5.05. The summed E-state index contributed by atoms with van der Waals surface area (Å²) in [5.41, 5.74) is 5.69. The molecule has 1 aromatic rings. The van der Waals surface area contributed by atoms with Crippen LogP contribution in [-0.4, -0.2) is 18.5 Å². The summed E-state index contributed by atoms with van der Waals surface area (Å²) in [4.78, 5) is 11.3. The van der Waals surface area contributed by atoms with E-state index < -0.39 is 0 Å². The van der Waals surface area contributed by atoms with Gasteiger partial charge in [-0.1, -0.05) is 6.58 Å². The molecule has 1 rings (SSSR count). The zero-order valence-electron chi connectivity index (χ0n) is 8.19. The third-order valence-corrected chi connectivity index (χ3v) is 2.60. The van der Waals surface area contributed by atoms with Crippen LogP contribution in [0.25, 0.3) is 6.08 Å². The molecule has 0 bridgehead atoms. The summed E-state index contributed by atoms with van der Waals surface area (Å²) in [6, 6.07) is 1.65. The van der Waals surface area contributed by atoms with Crippen LogP contribution in [-0.2, 0) is 4.79 Å². The van der Waals surface area contributed by atoms with E-state index in [1.165, 1.54) is 24.5 Å². The van der Waals surface area contributed by atoms with E-state index in [0.717, 1.165) is 0 Å². The number of aldehydes is 1. The van der Waals surface area contributed by atoms with Gasteiger partial charge in [0.1, 0.15) is 11.5 Å². The SMILES string of the molecule is C=C(O)/C(C=O)=C/c1sc(N)cc1OC. The normalized spacial score (nSPS) is 11.1. The average molecular weight is 225 g/mol. The lowest BCUT2D eigenvalue weighted by Crippen LogP contribution is -1.88. The summed E-state index contributed by atoms with van der Waals surface area (Å²) in [6.45, 7) is 3.27. The van der Waals surface area contributed by atoms with Crippen molar-refractivity contribution in [2.24, 2.45) is 0 Å².